The number of hydrogen-bond acceptors (Lipinski definition) is 2. The molecule has 1 N–H and O–H groups in total. The molecular weight excluding hydrogens is 216 g/mol. The van der Waals surface area contributed by atoms with Gasteiger partial charge in [-0.25, -0.2) is 0 Å². The molecule has 0 saturated heterocycles. The SMILES string of the molecule is CCc1ccccc1C(=O)C(C)C(C)C(=O)O. The number of hydrogen-bond donors (Lipinski definition) is 1. The predicted molar refractivity (Wildman–Crippen MR) is 66.1 cm³/mol. The molecule has 0 spiro atoms. The minimum atomic E-state index is -0.931. The lowest BCUT2D eigenvalue weighted by Gasteiger charge is -2.16. The van der Waals surface area contributed by atoms with Crippen LogP contribution in [0.2, 0.25) is 0 Å². The van der Waals surface area contributed by atoms with Crippen LogP contribution in [-0.2, 0) is 11.2 Å². The number of benzene rings is 1. The number of aryl methyl sites for hydroxylation is 1. The first-order valence-corrected chi connectivity index (χ1v) is 5.84. The second-order valence-electron chi connectivity index (χ2n) is 4.29. The van der Waals surface area contributed by atoms with E-state index in [2.05, 4.69) is 0 Å². The van der Waals surface area contributed by atoms with Gasteiger partial charge in [-0.15, -0.1) is 0 Å². The highest BCUT2D eigenvalue weighted by atomic mass is 16.4. The number of aliphatic carboxylic acids is 1. The summed E-state index contributed by atoms with van der Waals surface area (Å²) < 4.78 is 0. The molecule has 1 aromatic rings. The van der Waals surface area contributed by atoms with Gasteiger partial charge in [0, 0.05) is 11.5 Å². The monoisotopic (exact) mass is 234 g/mol. The highest BCUT2D eigenvalue weighted by molar-refractivity contribution is 6.00. The van der Waals surface area contributed by atoms with Gasteiger partial charge in [0.1, 0.15) is 0 Å². The van der Waals surface area contributed by atoms with E-state index in [4.69, 9.17) is 5.11 Å². The van der Waals surface area contributed by atoms with Crippen molar-refractivity contribution in [1.29, 1.82) is 0 Å². The molecule has 0 aliphatic rings. The molecule has 0 fully saturated rings. The summed E-state index contributed by atoms with van der Waals surface area (Å²) in [7, 11) is 0. The zero-order chi connectivity index (χ0) is 13.0. The fraction of sp³-hybridized carbons (Fsp3) is 0.429. The van der Waals surface area contributed by atoms with Gasteiger partial charge in [0.05, 0.1) is 5.92 Å². The Morgan fingerprint density at radius 2 is 1.76 bits per heavy atom. The molecule has 1 aromatic carbocycles. The second kappa shape index (κ2) is 5.62. The lowest BCUT2D eigenvalue weighted by Crippen LogP contribution is -2.26. The van der Waals surface area contributed by atoms with Crippen molar-refractivity contribution < 1.29 is 14.7 Å². The maximum atomic E-state index is 12.2. The number of carbonyl (C=O) groups is 2. The predicted octanol–water partition coefficient (Wildman–Crippen LogP) is 2.79. The van der Waals surface area contributed by atoms with Crippen LogP contribution in [0.4, 0.5) is 0 Å². The van der Waals surface area contributed by atoms with E-state index < -0.39 is 17.8 Å². The van der Waals surface area contributed by atoms with Gasteiger partial charge in [-0.05, 0) is 12.0 Å². The Morgan fingerprint density at radius 1 is 1.18 bits per heavy atom. The summed E-state index contributed by atoms with van der Waals surface area (Å²) in [5.74, 6) is -2.18. The molecule has 2 unspecified atom stereocenters. The van der Waals surface area contributed by atoms with Crippen LogP contribution in [0.1, 0.15) is 36.7 Å². The third-order valence-corrected chi connectivity index (χ3v) is 3.22. The molecule has 2 atom stereocenters. The molecule has 3 nitrogen and oxygen atoms in total. The summed E-state index contributed by atoms with van der Waals surface area (Å²) in [6, 6.07) is 7.38. The smallest absolute Gasteiger partial charge is 0.306 e. The van der Waals surface area contributed by atoms with Gasteiger partial charge >= 0.3 is 5.97 Å². The molecule has 1 rings (SSSR count). The number of Topliss-reactive ketones (excluding diaryl/α,β-unsaturated/α-hetero) is 1. The molecule has 0 heterocycles. The van der Waals surface area contributed by atoms with Crippen LogP contribution in [0.5, 0.6) is 0 Å². The Hall–Kier alpha value is -1.64. The average Bonchev–Trinajstić information content (AvgIpc) is 2.35. The fourth-order valence-corrected chi connectivity index (χ4v) is 1.76. The zero-order valence-electron chi connectivity index (χ0n) is 10.4. The van der Waals surface area contributed by atoms with Crippen molar-refractivity contribution in [3.05, 3.63) is 35.4 Å². The van der Waals surface area contributed by atoms with E-state index in [9.17, 15) is 9.59 Å². The number of rotatable bonds is 5. The number of carbonyl (C=O) groups excluding carboxylic acids is 1. The first kappa shape index (κ1) is 13.4. The van der Waals surface area contributed by atoms with Crippen LogP contribution in [0.3, 0.4) is 0 Å². The molecule has 0 aliphatic heterocycles. The van der Waals surface area contributed by atoms with Crippen molar-refractivity contribution in [2.75, 3.05) is 0 Å². The Morgan fingerprint density at radius 3 is 2.29 bits per heavy atom. The van der Waals surface area contributed by atoms with Crippen LogP contribution >= 0.6 is 0 Å². The Labute approximate surface area is 101 Å². The molecule has 0 aliphatic carbocycles. The first-order valence-electron chi connectivity index (χ1n) is 5.84. The van der Waals surface area contributed by atoms with Gasteiger partial charge in [0.15, 0.2) is 5.78 Å². The maximum absolute atomic E-state index is 12.2. The summed E-state index contributed by atoms with van der Waals surface area (Å²) in [5.41, 5.74) is 1.62. The molecule has 0 amide bonds. The minimum absolute atomic E-state index is 0.0858. The van der Waals surface area contributed by atoms with Gasteiger partial charge in [-0.1, -0.05) is 45.0 Å². The van der Waals surface area contributed by atoms with Crippen molar-refractivity contribution in [3.63, 3.8) is 0 Å². The van der Waals surface area contributed by atoms with Gasteiger partial charge in [-0.3, -0.25) is 9.59 Å². The van der Waals surface area contributed by atoms with Crippen LogP contribution in [0.25, 0.3) is 0 Å². The zero-order valence-corrected chi connectivity index (χ0v) is 10.4. The summed E-state index contributed by atoms with van der Waals surface area (Å²) in [6.45, 7) is 5.23. The van der Waals surface area contributed by atoms with E-state index in [0.29, 0.717) is 5.56 Å². The number of ketones is 1. The van der Waals surface area contributed by atoms with E-state index in [1.165, 1.54) is 0 Å². The average molecular weight is 234 g/mol. The van der Waals surface area contributed by atoms with Crippen molar-refractivity contribution >= 4 is 11.8 Å². The topological polar surface area (TPSA) is 54.4 Å². The molecule has 0 saturated carbocycles. The molecule has 17 heavy (non-hydrogen) atoms. The highest BCUT2D eigenvalue weighted by Gasteiger charge is 2.27. The molecule has 92 valence electrons. The van der Waals surface area contributed by atoms with Crippen LogP contribution in [0.15, 0.2) is 24.3 Å². The molecule has 0 radical (unpaired) electrons. The van der Waals surface area contributed by atoms with E-state index >= 15 is 0 Å². The van der Waals surface area contributed by atoms with Crippen LogP contribution in [-0.4, -0.2) is 16.9 Å². The molecule has 0 bridgehead atoms. The third-order valence-electron chi connectivity index (χ3n) is 3.22. The molecule has 3 heteroatoms. The normalized spacial score (nSPS) is 14.1. The van der Waals surface area contributed by atoms with Crippen LogP contribution < -0.4 is 0 Å². The number of carboxylic acid groups (broad SMARTS) is 1. The minimum Gasteiger partial charge on any atom is -0.481 e. The van der Waals surface area contributed by atoms with Gasteiger partial charge in [-0.2, -0.15) is 0 Å². The van der Waals surface area contributed by atoms with Gasteiger partial charge in [0.25, 0.3) is 0 Å². The van der Waals surface area contributed by atoms with Crippen molar-refractivity contribution in [2.24, 2.45) is 11.8 Å². The Balaban J connectivity index is 3.00. The van der Waals surface area contributed by atoms with Gasteiger partial charge in [0.2, 0.25) is 0 Å². The molecule has 0 aromatic heterocycles. The largest absolute Gasteiger partial charge is 0.481 e. The molecular formula is C14H18O3. The highest BCUT2D eigenvalue weighted by Crippen LogP contribution is 2.20. The van der Waals surface area contributed by atoms with E-state index in [1.807, 2.05) is 25.1 Å². The maximum Gasteiger partial charge on any atom is 0.306 e. The second-order valence-corrected chi connectivity index (χ2v) is 4.29. The van der Waals surface area contributed by atoms with Crippen molar-refractivity contribution in [3.8, 4) is 0 Å². The Kier molecular flexibility index (Phi) is 4.44. The fourth-order valence-electron chi connectivity index (χ4n) is 1.76. The first-order chi connectivity index (χ1) is 7.99. The quantitative estimate of drug-likeness (QED) is 0.797. The van der Waals surface area contributed by atoms with Crippen LogP contribution in [0, 0.1) is 11.8 Å². The lowest BCUT2D eigenvalue weighted by molar-refractivity contribution is -0.142. The third kappa shape index (κ3) is 2.93. The van der Waals surface area contributed by atoms with Crippen molar-refractivity contribution in [1.82, 2.24) is 0 Å². The van der Waals surface area contributed by atoms with Gasteiger partial charge < -0.3 is 5.11 Å². The van der Waals surface area contributed by atoms with Crippen molar-refractivity contribution in [2.45, 2.75) is 27.2 Å². The number of carboxylic acids is 1. The Bertz CT molecular complexity index is 423. The standard InChI is InChI=1S/C14H18O3/c1-4-11-7-5-6-8-12(11)13(15)9(2)10(3)14(16)17/h5-10H,4H2,1-3H3,(H,16,17). The summed E-state index contributed by atoms with van der Waals surface area (Å²) in [6.07, 6.45) is 0.774. The van der Waals surface area contributed by atoms with E-state index in [1.54, 1.807) is 19.9 Å². The van der Waals surface area contributed by atoms with E-state index in [0.717, 1.165) is 12.0 Å². The summed E-state index contributed by atoms with van der Waals surface area (Å²) in [4.78, 5) is 23.1. The lowest BCUT2D eigenvalue weighted by atomic mass is 9.86. The summed E-state index contributed by atoms with van der Waals surface area (Å²) >= 11 is 0. The summed E-state index contributed by atoms with van der Waals surface area (Å²) in [5, 5.41) is 8.92. The van der Waals surface area contributed by atoms with E-state index in [-0.39, 0.29) is 5.78 Å².